The molecule has 1 aromatic carbocycles. The van der Waals surface area contributed by atoms with E-state index in [1.165, 1.54) is 10.5 Å². The number of piperidine rings is 1. The molecule has 0 aliphatic carbocycles. The number of hydrogen-bond acceptors (Lipinski definition) is 5. The fourth-order valence-electron chi connectivity index (χ4n) is 4.43. The molecule has 0 radical (unpaired) electrons. The molecule has 2 amide bonds. The van der Waals surface area contributed by atoms with Crippen LogP contribution < -0.4 is 0 Å². The molecule has 0 unspecified atom stereocenters. The number of likely N-dealkylation sites (tertiary alicyclic amines) is 1. The van der Waals surface area contributed by atoms with Crippen LogP contribution in [0.2, 0.25) is 0 Å². The van der Waals surface area contributed by atoms with Crippen molar-refractivity contribution >= 4 is 17.4 Å². The Bertz CT molecular complexity index is 1020. The molecule has 6 nitrogen and oxygen atoms in total. The Morgan fingerprint density at radius 1 is 1.00 bits per heavy atom. The monoisotopic (exact) mass is 418 g/mol. The molecule has 2 aliphatic heterocycles. The van der Waals surface area contributed by atoms with Gasteiger partial charge in [0, 0.05) is 25.5 Å². The maximum Gasteiger partial charge on any atom is 0.278 e. The summed E-state index contributed by atoms with van der Waals surface area (Å²) in [5.41, 5.74) is 5.02. The van der Waals surface area contributed by atoms with Crippen molar-refractivity contribution in [1.29, 1.82) is 0 Å². The van der Waals surface area contributed by atoms with Crippen LogP contribution >= 0.6 is 0 Å². The molecule has 0 saturated carbocycles. The van der Waals surface area contributed by atoms with Crippen LogP contribution in [0.25, 0.3) is 5.57 Å². The fourth-order valence-corrected chi connectivity index (χ4v) is 4.43. The Balaban J connectivity index is 1.74. The lowest BCUT2D eigenvalue weighted by Crippen LogP contribution is -2.43. The van der Waals surface area contributed by atoms with Crippen molar-refractivity contribution in [2.75, 3.05) is 27.2 Å². The lowest BCUT2D eigenvalue weighted by molar-refractivity contribution is -0.138. The second-order valence-electron chi connectivity index (χ2n) is 8.72. The number of nitrogens with zero attached hydrogens (tertiary/aromatic N) is 4. The van der Waals surface area contributed by atoms with E-state index >= 15 is 0 Å². The van der Waals surface area contributed by atoms with E-state index in [4.69, 9.17) is 0 Å². The maximum atomic E-state index is 13.6. The quantitative estimate of drug-likeness (QED) is 0.699. The molecule has 2 aromatic rings. The van der Waals surface area contributed by atoms with E-state index in [9.17, 15) is 9.59 Å². The van der Waals surface area contributed by atoms with E-state index in [-0.39, 0.29) is 24.4 Å². The zero-order chi connectivity index (χ0) is 22.1. The Morgan fingerprint density at radius 3 is 2.32 bits per heavy atom. The number of hydrogen-bond donors (Lipinski definition) is 0. The molecular formula is C25H30N4O2. The van der Waals surface area contributed by atoms with Crippen LogP contribution in [0.1, 0.15) is 35.1 Å². The number of pyridine rings is 1. The number of likely N-dealkylation sites (N-methyl/N-ethyl adjacent to an activating group) is 1. The molecule has 4 rings (SSSR count). The van der Waals surface area contributed by atoms with Crippen molar-refractivity contribution in [2.45, 2.75) is 39.3 Å². The van der Waals surface area contributed by atoms with Gasteiger partial charge in [-0.25, -0.2) is 0 Å². The third kappa shape index (κ3) is 4.12. The summed E-state index contributed by atoms with van der Waals surface area (Å²) in [7, 11) is 4.09. The number of carbonyl (C=O) groups is 2. The molecule has 31 heavy (non-hydrogen) atoms. The predicted molar refractivity (Wildman–Crippen MR) is 121 cm³/mol. The van der Waals surface area contributed by atoms with Gasteiger partial charge in [-0.15, -0.1) is 0 Å². The average Bonchev–Trinajstić information content (AvgIpc) is 3.01. The fraction of sp³-hybridized carbons (Fsp3) is 0.400. The number of aromatic nitrogens is 1. The first-order valence-corrected chi connectivity index (χ1v) is 10.8. The molecule has 3 heterocycles. The Hall–Kier alpha value is -2.99. The molecule has 1 fully saturated rings. The average molecular weight is 419 g/mol. The molecule has 0 atom stereocenters. The van der Waals surface area contributed by atoms with Gasteiger partial charge in [0.15, 0.2) is 0 Å². The first kappa shape index (κ1) is 21.2. The minimum atomic E-state index is -0.222. The van der Waals surface area contributed by atoms with Crippen molar-refractivity contribution in [3.63, 3.8) is 0 Å². The van der Waals surface area contributed by atoms with Gasteiger partial charge in [0.2, 0.25) is 0 Å². The maximum absolute atomic E-state index is 13.6. The normalized spacial score (nSPS) is 18.3. The number of aryl methyl sites for hydroxylation is 2. The lowest BCUT2D eigenvalue weighted by atomic mass is 9.97. The van der Waals surface area contributed by atoms with Gasteiger partial charge in [-0.1, -0.05) is 18.2 Å². The summed E-state index contributed by atoms with van der Waals surface area (Å²) in [5, 5.41) is 0. The summed E-state index contributed by atoms with van der Waals surface area (Å²) in [4.78, 5) is 36.9. The van der Waals surface area contributed by atoms with Crippen LogP contribution in [0.4, 0.5) is 0 Å². The highest BCUT2D eigenvalue weighted by Gasteiger charge is 2.42. The number of benzene rings is 1. The van der Waals surface area contributed by atoms with Crippen molar-refractivity contribution in [3.05, 3.63) is 70.7 Å². The van der Waals surface area contributed by atoms with Gasteiger partial charge in [0.05, 0.1) is 12.1 Å². The molecule has 6 heteroatoms. The Labute approximate surface area is 184 Å². The summed E-state index contributed by atoms with van der Waals surface area (Å²) in [5.74, 6) is -0.434. The van der Waals surface area contributed by atoms with E-state index in [1.54, 1.807) is 12.4 Å². The zero-order valence-corrected chi connectivity index (χ0v) is 18.8. The Morgan fingerprint density at radius 2 is 1.68 bits per heavy atom. The van der Waals surface area contributed by atoms with Gasteiger partial charge in [-0.2, -0.15) is 0 Å². The molecule has 0 N–H and O–H groups in total. The third-order valence-electron chi connectivity index (χ3n) is 6.62. The van der Waals surface area contributed by atoms with E-state index in [0.717, 1.165) is 42.6 Å². The summed E-state index contributed by atoms with van der Waals surface area (Å²) < 4.78 is 0. The van der Waals surface area contributed by atoms with Gasteiger partial charge < -0.3 is 9.80 Å². The molecular weight excluding hydrogens is 388 g/mol. The van der Waals surface area contributed by atoms with Crippen molar-refractivity contribution in [2.24, 2.45) is 0 Å². The van der Waals surface area contributed by atoms with Gasteiger partial charge >= 0.3 is 0 Å². The highest BCUT2D eigenvalue weighted by Crippen LogP contribution is 2.35. The Kier molecular flexibility index (Phi) is 5.92. The summed E-state index contributed by atoms with van der Waals surface area (Å²) in [6, 6.07) is 9.93. The number of carbonyl (C=O) groups excluding carboxylic acids is 2. The molecule has 162 valence electrons. The minimum Gasteiger partial charge on any atom is -0.366 e. The minimum absolute atomic E-state index is 0.212. The third-order valence-corrected chi connectivity index (χ3v) is 6.62. The van der Waals surface area contributed by atoms with E-state index in [1.807, 2.05) is 44.3 Å². The van der Waals surface area contributed by atoms with Gasteiger partial charge in [-0.05, 0) is 81.2 Å². The van der Waals surface area contributed by atoms with Gasteiger partial charge in [0.25, 0.3) is 11.8 Å². The topological polar surface area (TPSA) is 56.8 Å². The predicted octanol–water partition coefficient (Wildman–Crippen LogP) is 3.00. The number of imide groups is 1. The molecule has 0 spiro atoms. The van der Waals surface area contributed by atoms with Crippen LogP contribution in [-0.2, 0) is 16.1 Å². The van der Waals surface area contributed by atoms with Gasteiger partial charge in [0.1, 0.15) is 5.70 Å². The van der Waals surface area contributed by atoms with E-state index < -0.39 is 0 Å². The number of amides is 2. The standard InChI is InChI=1S/C25H30N4O2/c1-17-5-6-20(15-18(17)2)22-23(28(4)21-9-13-27(3)14-10-21)25(31)29(24(22)30)16-19-7-11-26-12-8-19/h5-8,11-12,15,21H,9-10,13-14,16H2,1-4H3. The van der Waals surface area contributed by atoms with Crippen molar-refractivity contribution in [3.8, 4) is 0 Å². The summed E-state index contributed by atoms with van der Waals surface area (Å²) in [6.45, 7) is 6.32. The molecule has 2 aliphatic rings. The molecule has 1 saturated heterocycles. The molecule has 1 aromatic heterocycles. The lowest BCUT2D eigenvalue weighted by Gasteiger charge is -2.36. The van der Waals surface area contributed by atoms with Crippen LogP contribution in [-0.4, -0.2) is 64.7 Å². The zero-order valence-electron chi connectivity index (χ0n) is 18.8. The highest BCUT2D eigenvalue weighted by molar-refractivity contribution is 6.35. The van der Waals surface area contributed by atoms with E-state index in [2.05, 4.69) is 28.8 Å². The van der Waals surface area contributed by atoms with Crippen LogP contribution in [0.5, 0.6) is 0 Å². The first-order valence-electron chi connectivity index (χ1n) is 10.8. The second-order valence-corrected chi connectivity index (χ2v) is 8.72. The molecule has 0 bridgehead atoms. The largest absolute Gasteiger partial charge is 0.366 e. The SMILES string of the molecule is Cc1ccc(C2=C(N(C)C3CCN(C)CC3)C(=O)N(Cc3ccncc3)C2=O)cc1C. The highest BCUT2D eigenvalue weighted by atomic mass is 16.2. The van der Waals surface area contributed by atoms with Crippen LogP contribution in [0.15, 0.2) is 48.4 Å². The van der Waals surface area contributed by atoms with E-state index in [0.29, 0.717) is 11.3 Å². The summed E-state index contributed by atoms with van der Waals surface area (Å²) in [6.07, 6.45) is 5.32. The summed E-state index contributed by atoms with van der Waals surface area (Å²) >= 11 is 0. The number of rotatable bonds is 5. The van der Waals surface area contributed by atoms with Gasteiger partial charge in [-0.3, -0.25) is 19.5 Å². The van der Waals surface area contributed by atoms with Crippen LogP contribution in [0.3, 0.4) is 0 Å². The van der Waals surface area contributed by atoms with Crippen molar-refractivity contribution in [1.82, 2.24) is 19.7 Å². The van der Waals surface area contributed by atoms with Crippen molar-refractivity contribution < 1.29 is 9.59 Å². The van der Waals surface area contributed by atoms with Crippen LogP contribution in [0, 0.1) is 13.8 Å². The first-order chi connectivity index (χ1) is 14.9. The smallest absolute Gasteiger partial charge is 0.278 e. The second kappa shape index (κ2) is 8.63.